The van der Waals surface area contributed by atoms with Gasteiger partial charge in [-0.15, -0.1) is 0 Å². The normalized spacial score (nSPS) is 27.9. The molecule has 0 aromatic heterocycles. The fourth-order valence-electron chi connectivity index (χ4n) is 2.80. The molecule has 20 heavy (non-hydrogen) atoms. The number of carboxylic acids is 1. The van der Waals surface area contributed by atoms with E-state index in [2.05, 4.69) is 4.90 Å². The Balaban J connectivity index is 1.86. The van der Waals surface area contributed by atoms with Crippen LogP contribution in [0.1, 0.15) is 13.3 Å². The average Bonchev–Trinajstić information content (AvgIpc) is 2.83. The zero-order valence-electron chi connectivity index (χ0n) is 11.9. The van der Waals surface area contributed by atoms with Gasteiger partial charge in [0.2, 0.25) is 0 Å². The number of piperazine rings is 1. The van der Waals surface area contributed by atoms with Crippen LogP contribution >= 0.6 is 0 Å². The third kappa shape index (κ3) is 3.04. The first-order valence-electron chi connectivity index (χ1n) is 7.07. The van der Waals surface area contributed by atoms with E-state index in [-0.39, 0.29) is 19.2 Å². The molecule has 2 saturated heterocycles. The van der Waals surface area contributed by atoms with Gasteiger partial charge in [0.15, 0.2) is 0 Å². The lowest BCUT2D eigenvalue weighted by Gasteiger charge is -2.36. The number of nitrogens with zero attached hydrogens (tertiary/aromatic N) is 3. The number of carboxylic acid groups (broad SMARTS) is 1. The summed E-state index contributed by atoms with van der Waals surface area (Å²) in [6, 6.07) is -0.0568. The summed E-state index contributed by atoms with van der Waals surface area (Å²) in [6.07, 6.45) is 0.512. The second-order valence-corrected chi connectivity index (χ2v) is 5.87. The SMILES string of the molecule is CC1(C(=O)O)CCN(C(=O)N2CCN(CCO)CC2)C1. The zero-order valence-corrected chi connectivity index (χ0v) is 11.9. The molecule has 2 fully saturated rings. The first kappa shape index (κ1) is 15.1. The largest absolute Gasteiger partial charge is 0.481 e. The van der Waals surface area contributed by atoms with Crippen LogP contribution in [0.3, 0.4) is 0 Å². The highest BCUT2D eigenvalue weighted by molar-refractivity contribution is 5.79. The van der Waals surface area contributed by atoms with E-state index < -0.39 is 11.4 Å². The van der Waals surface area contributed by atoms with Crippen LogP contribution in [0.25, 0.3) is 0 Å². The maximum atomic E-state index is 12.4. The minimum Gasteiger partial charge on any atom is -0.481 e. The number of urea groups is 1. The van der Waals surface area contributed by atoms with E-state index in [1.54, 1.807) is 16.7 Å². The predicted octanol–water partition coefficient (Wildman–Crippen LogP) is -0.487. The number of aliphatic hydroxyl groups is 1. The van der Waals surface area contributed by atoms with Crippen molar-refractivity contribution in [1.82, 2.24) is 14.7 Å². The molecule has 0 aliphatic carbocycles. The highest BCUT2D eigenvalue weighted by Gasteiger charge is 2.43. The summed E-state index contributed by atoms with van der Waals surface area (Å²) < 4.78 is 0. The standard InChI is InChI=1S/C13H23N3O4/c1-13(11(18)19)2-3-16(10-13)12(20)15-6-4-14(5-7-15)8-9-17/h17H,2-10H2,1H3,(H,18,19). The Labute approximate surface area is 118 Å². The summed E-state index contributed by atoms with van der Waals surface area (Å²) >= 11 is 0. The minimum atomic E-state index is -0.833. The molecule has 2 aliphatic heterocycles. The fourth-order valence-corrected chi connectivity index (χ4v) is 2.80. The van der Waals surface area contributed by atoms with Gasteiger partial charge in [-0.1, -0.05) is 0 Å². The molecule has 1 unspecified atom stereocenters. The molecule has 2 aliphatic rings. The minimum absolute atomic E-state index is 0.0568. The van der Waals surface area contributed by atoms with Gasteiger partial charge in [-0.2, -0.15) is 0 Å². The van der Waals surface area contributed by atoms with E-state index in [4.69, 9.17) is 5.11 Å². The van der Waals surface area contributed by atoms with Gasteiger partial charge in [0.1, 0.15) is 0 Å². The molecular formula is C13H23N3O4. The van der Waals surface area contributed by atoms with Crippen molar-refractivity contribution in [3.05, 3.63) is 0 Å². The first-order chi connectivity index (χ1) is 9.46. The Kier molecular flexibility index (Phi) is 4.49. The number of aliphatic carboxylic acids is 1. The Morgan fingerprint density at radius 1 is 1.10 bits per heavy atom. The number of carbonyl (C=O) groups excluding carboxylic acids is 1. The Morgan fingerprint density at radius 3 is 2.25 bits per heavy atom. The average molecular weight is 285 g/mol. The molecular weight excluding hydrogens is 262 g/mol. The fraction of sp³-hybridized carbons (Fsp3) is 0.846. The molecule has 0 spiro atoms. The Bertz CT molecular complexity index is 382. The number of hydrogen-bond donors (Lipinski definition) is 2. The van der Waals surface area contributed by atoms with Gasteiger partial charge in [0.05, 0.1) is 12.0 Å². The molecule has 0 aromatic rings. The van der Waals surface area contributed by atoms with Crippen LogP contribution in [0.2, 0.25) is 0 Å². The van der Waals surface area contributed by atoms with Crippen LogP contribution in [-0.4, -0.2) is 89.3 Å². The number of aliphatic hydroxyl groups excluding tert-OH is 1. The molecule has 0 aromatic carbocycles. The summed E-state index contributed by atoms with van der Waals surface area (Å²) in [5.41, 5.74) is -0.811. The third-order valence-corrected chi connectivity index (χ3v) is 4.32. The van der Waals surface area contributed by atoms with Gasteiger partial charge in [-0.25, -0.2) is 4.79 Å². The molecule has 1 atom stereocenters. The van der Waals surface area contributed by atoms with Gasteiger partial charge in [0, 0.05) is 45.8 Å². The Morgan fingerprint density at radius 2 is 1.75 bits per heavy atom. The van der Waals surface area contributed by atoms with E-state index in [9.17, 15) is 14.7 Å². The van der Waals surface area contributed by atoms with E-state index >= 15 is 0 Å². The van der Waals surface area contributed by atoms with Crippen LogP contribution in [-0.2, 0) is 4.79 Å². The van der Waals surface area contributed by atoms with E-state index in [0.717, 1.165) is 13.1 Å². The van der Waals surface area contributed by atoms with Crippen molar-refractivity contribution in [2.45, 2.75) is 13.3 Å². The van der Waals surface area contributed by atoms with Crippen molar-refractivity contribution < 1.29 is 19.8 Å². The second kappa shape index (κ2) is 5.97. The summed E-state index contributed by atoms with van der Waals surface area (Å²) in [4.78, 5) is 29.1. The maximum absolute atomic E-state index is 12.4. The topological polar surface area (TPSA) is 84.3 Å². The molecule has 2 rings (SSSR count). The van der Waals surface area contributed by atoms with Gasteiger partial charge in [-0.05, 0) is 13.3 Å². The molecule has 114 valence electrons. The molecule has 7 heteroatoms. The highest BCUT2D eigenvalue weighted by Crippen LogP contribution is 2.30. The van der Waals surface area contributed by atoms with Gasteiger partial charge in [-0.3, -0.25) is 9.69 Å². The molecule has 0 radical (unpaired) electrons. The number of likely N-dealkylation sites (tertiary alicyclic amines) is 1. The monoisotopic (exact) mass is 285 g/mol. The summed E-state index contributed by atoms with van der Waals surface area (Å²) in [6.45, 7) is 6.07. The van der Waals surface area contributed by atoms with Crippen LogP contribution in [0.15, 0.2) is 0 Å². The van der Waals surface area contributed by atoms with Crippen molar-refractivity contribution in [3.8, 4) is 0 Å². The number of amides is 2. The van der Waals surface area contributed by atoms with Crippen LogP contribution in [0.5, 0.6) is 0 Å². The third-order valence-electron chi connectivity index (χ3n) is 4.32. The van der Waals surface area contributed by atoms with Crippen molar-refractivity contribution in [2.24, 2.45) is 5.41 Å². The molecule has 0 bridgehead atoms. The predicted molar refractivity (Wildman–Crippen MR) is 72.4 cm³/mol. The first-order valence-corrected chi connectivity index (χ1v) is 7.07. The van der Waals surface area contributed by atoms with Crippen LogP contribution in [0.4, 0.5) is 4.79 Å². The molecule has 2 heterocycles. The lowest BCUT2D eigenvalue weighted by atomic mass is 9.90. The van der Waals surface area contributed by atoms with E-state index in [1.165, 1.54) is 0 Å². The smallest absolute Gasteiger partial charge is 0.320 e. The quantitative estimate of drug-likeness (QED) is 0.731. The van der Waals surface area contributed by atoms with Crippen molar-refractivity contribution in [2.75, 3.05) is 52.4 Å². The van der Waals surface area contributed by atoms with Crippen LogP contribution < -0.4 is 0 Å². The van der Waals surface area contributed by atoms with E-state index in [1.807, 2.05) is 0 Å². The van der Waals surface area contributed by atoms with Crippen molar-refractivity contribution >= 4 is 12.0 Å². The number of hydrogen-bond acceptors (Lipinski definition) is 4. The van der Waals surface area contributed by atoms with Gasteiger partial charge >= 0.3 is 12.0 Å². The van der Waals surface area contributed by atoms with E-state index in [0.29, 0.717) is 32.6 Å². The van der Waals surface area contributed by atoms with Crippen molar-refractivity contribution in [3.63, 3.8) is 0 Å². The molecule has 7 nitrogen and oxygen atoms in total. The second-order valence-electron chi connectivity index (χ2n) is 5.87. The summed E-state index contributed by atoms with van der Waals surface area (Å²) in [5, 5.41) is 18.1. The van der Waals surface area contributed by atoms with Gasteiger partial charge in [0.25, 0.3) is 0 Å². The number of carbonyl (C=O) groups is 2. The number of rotatable bonds is 3. The Hall–Kier alpha value is -1.34. The van der Waals surface area contributed by atoms with Crippen LogP contribution in [0, 0.1) is 5.41 Å². The zero-order chi connectivity index (χ0) is 14.8. The van der Waals surface area contributed by atoms with Gasteiger partial charge < -0.3 is 20.0 Å². The van der Waals surface area contributed by atoms with Crippen molar-refractivity contribution in [1.29, 1.82) is 0 Å². The molecule has 2 amide bonds. The summed E-state index contributed by atoms with van der Waals surface area (Å²) in [5.74, 6) is -0.833. The summed E-state index contributed by atoms with van der Waals surface area (Å²) in [7, 11) is 0. The number of β-amino-alcohol motifs (C(OH)–C–C–N with tert-alkyl or cyclic N) is 1. The lowest BCUT2D eigenvalue weighted by molar-refractivity contribution is -0.147. The molecule has 2 N–H and O–H groups in total. The molecule has 0 saturated carbocycles. The highest BCUT2D eigenvalue weighted by atomic mass is 16.4. The maximum Gasteiger partial charge on any atom is 0.320 e. The lowest BCUT2D eigenvalue weighted by Crippen LogP contribution is -2.53.